The molecule has 0 amide bonds. The Labute approximate surface area is 249 Å². The van der Waals surface area contributed by atoms with Crippen molar-refractivity contribution in [2.75, 3.05) is 36.3 Å². The minimum Gasteiger partial charge on any atom is -0.481 e. The van der Waals surface area contributed by atoms with Gasteiger partial charge in [0.2, 0.25) is 10.0 Å². The molecule has 0 aliphatic rings. The summed E-state index contributed by atoms with van der Waals surface area (Å²) in [5.41, 5.74) is 5.69. The van der Waals surface area contributed by atoms with Gasteiger partial charge in [0.05, 0.1) is 41.1 Å². The zero-order chi connectivity index (χ0) is 31.5. The van der Waals surface area contributed by atoms with Crippen LogP contribution >= 0.6 is 23.5 Å². The molecular weight excluding hydrogens is 663 g/mol. The molecule has 0 spiro atoms. The fraction of sp³-hybridized carbons (Fsp3) is 0.250. The number of sulfonamides is 1. The molecule has 42 heavy (non-hydrogen) atoms. The van der Waals surface area contributed by atoms with Crippen molar-refractivity contribution in [1.82, 2.24) is 0 Å². The van der Waals surface area contributed by atoms with Crippen LogP contribution in [0.5, 0.6) is 17.2 Å². The molecule has 0 unspecified atom stereocenters. The molecule has 3 aromatic carbocycles. The summed E-state index contributed by atoms with van der Waals surface area (Å²) in [6.07, 6.45) is 0.623. The highest BCUT2D eigenvalue weighted by atomic mass is 79.9. The molecule has 3 aromatic rings. The fourth-order valence-electron chi connectivity index (χ4n) is 3.04. The standard InChI is InChI=1S/C18H23N2O9PS.C6H5BrN2O2/c1-4-27-30(23,28-5-2)13-26-15-7-6-8-16(12-15)29-18-11-14(20(21)22)9-10-17(18)19-31(3,24)25;7-5-3-4(9(10)11)1-2-6(5)8/h6-12,19H,4-5,13H2,1-3H3;1-3H,8H2. The van der Waals surface area contributed by atoms with E-state index in [2.05, 4.69) is 20.7 Å². The van der Waals surface area contributed by atoms with Gasteiger partial charge in [-0.05, 0) is 54.0 Å². The second-order valence-corrected chi connectivity index (χ2v) is 12.7. The third kappa shape index (κ3) is 11.3. The summed E-state index contributed by atoms with van der Waals surface area (Å²) in [4.78, 5) is 20.2. The summed E-state index contributed by atoms with van der Waals surface area (Å²) < 4.78 is 60.0. The molecule has 3 rings (SSSR count). The molecule has 3 N–H and O–H groups in total. The first-order valence-electron chi connectivity index (χ1n) is 11.9. The molecule has 0 aliphatic carbocycles. The highest BCUT2D eigenvalue weighted by Crippen LogP contribution is 2.48. The van der Waals surface area contributed by atoms with Crippen LogP contribution in [0, 0.1) is 20.2 Å². The second-order valence-electron chi connectivity index (χ2n) is 8.07. The molecule has 0 bridgehead atoms. The zero-order valence-electron chi connectivity index (χ0n) is 22.6. The van der Waals surface area contributed by atoms with Crippen molar-refractivity contribution in [1.29, 1.82) is 0 Å². The number of nitrogens with zero attached hydrogens (tertiary/aromatic N) is 2. The van der Waals surface area contributed by atoms with Crippen molar-refractivity contribution in [2.24, 2.45) is 0 Å². The largest absolute Gasteiger partial charge is 0.481 e. The molecule has 0 atom stereocenters. The summed E-state index contributed by atoms with van der Waals surface area (Å²) in [6, 6.07) is 13.9. The topological polar surface area (TPSA) is 212 Å². The molecule has 228 valence electrons. The maximum Gasteiger partial charge on any atom is 0.367 e. The lowest BCUT2D eigenvalue weighted by Gasteiger charge is -2.18. The van der Waals surface area contributed by atoms with Gasteiger partial charge in [-0.25, -0.2) is 8.42 Å². The predicted octanol–water partition coefficient (Wildman–Crippen LogP) is 6.30. The van der Waals surface area contributed by atoms with Gasteiger partial charge in [-0.3, -0.25) is 29.5 Å². The minimum absolute atomic E-state index is 0.0246. The van der Waals surface area contributed by atoms with E-state index in [4.69, 9.17) is 24.3 Å². The van der Waals surface area contributed by atoms with Gasteiger partial charge in [-0.2, -0.15) is 0 Å². The first-order chi connectivity index (χ1) is 19.7. The Hall–Kier alpha value is -3.76. The van der Waals surface area contributed by atoms with Crippen LogP contribution in [-0.4, -0.2) is 44.1 Å². The quantitative estimate of drug-likeness (QED) is 0.0875. The van der Waals surface area contributed by atoms with Crippen molar-refractivity contribution in [3.63, 3.8) is 0 Å². The number of nitrogens with one attached hydrogen (secondary N) is 1. The van der Waals surface area contributed by atoms with Crippen LogP contribution in [0.2, 0.25) is 0 Å². The maximum absolute atomic E-state index is 12.5. The number of ether oxygens (including phenoxy) is 2. The molecular formula is C24H28BrN4O11PS. The van der Waals surface area contributed by atoms with E-state index in [1.807, 2.05) is 0 Å². The number of nitrogen functional groups attached to an aromatic ring is 1. The Morgan fingerprint density at radius 1 is 0.929 bits per heavy atom. The average Bonchev–Trinajstić information content (AvgIpc) is 2.90. The van der Waals surface area contributed by atoms with Gasteiger partial charge in [-0.15, -0.1) is 0 Å². The minimum atomic E-state index is -3.65. The number of rotatable bonds is 13. The van der Waals surface area contributed by atoms with Gasteiger partial charge in [0.1, 0.15) is 11.5 Å². The third-order valence-corrected chi connectivity index (χ3v) is 7.77. The van der Waals surface area contributed by atoms with E-state index < -0.39 is 27.5 Å². The normalized spacial score (nSPS) is 11.1. The fourth-order valence-corrected chi connectivity index (χ4v) is 5.29. The molecule has 0 radical (unpaired) electrons. The van der Waals surface area contributed by atoms with Gasteiger partial charge in [0, 0.05) is 34.4 Å². The lowest BCUT2D eigenvalue weighted by atomic mass is 10.2. The molecule has 0 saturated carbocycles. The second kappa shape index (κ2) is 15.5. The van der Waals surface area contributed by atoms with Crippen molar-refractivity contribution >= 4 is 56.3 Å². The Kier molecular flexibility index (Phi) is 12.7. The predicted molar refractivity (Wildman–Crippen MR) is 160 cm³/mol. The van der Waals surface area contributed by atoms with Crippen LogP contribution in [0.3, 0.4) is 0 Å². The van der Waals surface area contributed by atoms with Gasteiger partial charge in [-0.1, -0.05) is 6.07 Å². The van der Waals surface area contributed by atoms with Gasteiger partial charge in [0.25, 0.3) is 11.4 Å². The molecule has 18 heteroatoms. The summed E-state index contributed by atoms with van der Waals surface area (Å²) in [5.74, 6) is 0.406. The van der Waals surface area contributed by atoms with Crippen LogP contribution in [-0.2, 0) is 23.6 Å². The number of halogens is 1. The van der Waals surface area contributed by atoms with Crippen molar-refractivity contribution in [3.05, 3.63) is 85.4 Å². The van der Waals surface area contributed by atoms with Crippen LogP contribution in [0.25, 0.3) is 0 Å². The highest BCUT2D eigenvalue weighted by Gasteiger charge is 2.25. The maximum atomic E-state index is 12.5. The molecule has 15 nitrogen and oxygen atoms in total. The Morgan fingerprint density at radius 3 is 2.05 bits per heavy atom. The van der Waals surface area contributed by atoms with E-state index in [0.29, 0.717) is 10.2 Å². The van der Waals surface area contributed by atoms with Crippen LogP contribution in [0.4, 0.5) is 22.7 Å². The summed E-state index contributed by atoms with van der Waals surface area (Å²) in [5, 5.41) is 21.3. The lowest BCUT2D eigenvalue weighted by Crippen LogP contribution is -2.10. The Morgan fingerprint density at radius 2 is 1.50 bits per heavy atom. The Bertz CT molecular complexity index is 1560. The zero-order valence-corrected chi connectivity index (χ0v) is 25.9. The highest BCUT2D eigenvalue weighted by molar-refractivity contribution is 9.10. The van der Waals surface area contributed by atoms with E-state index in [9.17, 15) is 33.2 Å². The molecule has 0 aromatic heterocycles. The van der Waals surface area contributed by atoms with E-state index in [0.717, 1.165) is 18.4 Å². The molecule has 0 fully saturated rings. The van der Waals surface area contributed by atoms with Crippen molar-refractivity contribution < 1.29 is 41.4 Å². The van der Waals surface area contributed by atoms with Crippen molar-refractivity contribution in [2.45, 2.75) is 13.8 Å². The monoisotopic (exact) mass is 690 g/mol. The number of hydrogen-bond donors (Lipinski definition) is 2. The summed E-state index contributed by atoms with van der Waals surface area (Å²) >= 11 is 3.08. The third-order valence-electron chi connectivity index (χ3n) is 4.74. The number of nitrogens with two attached hydrogens (primary N) is 1. The number of nitro benzene ring substituents is 2. The number of benzene rings is 3. The van der Waals surface area contributed by atoms with Gasteiger partial charge >= 0.3 is 7.60 Å². The molecule has 0 saturated heterocycles. The molecule has 0 aliphatic heterocycles. The first-order valence-corrected chi connectivity index (χ1v) is 16.3. The van der Waals surface area contributed by atoms with E-state index in [1.165, 1.54) is 30.3 Å². The van der Waals surface area contributed by atoms with Gasteiger partial charge in [0.15, 0.2) is 12.1 Å². The number of non-ortho nitro benzene ring substituents is 2. The smallest absolute Gasteiger partial charge is 0.367 e. The van der Waals surface area contributed by atoms with Gasteiger partial charge < -0.3 is 24.3 Å². The average molecular weight is 691 g/mol. The van der Waals surface area contributed by atoms with E-state index in [1.54, 1.807) is 32.0 Å². The summed E-state index contributed by atoms with van der Waals surface area (Å²) in [6.45, 7) is 3.74. The van der Waals surface area contributed by atoms with Crippen LogP contribution in [0.1, 0.15) is 13.8 Å². The van der Waals surface area contributed by atoms with Crippen LogP contribution in [0.15, 0.2) is 65.1 Å². The number of nitro groups is 2. The SMILES string of the molecule is CCOP(=O)(COc1cccc(Oc2cc([N+](=O)[O-])ccc2NS(C)(=O)=O)c1)OCC.Nc1ccc([N+](=O)[O-])cc1Br. The number of hydrogen-bond acceptors (Lipinski definition) is 12. The van der Waals surface area contributed by atoms with E-state index in [-0.39, 0.29) is 53.9 Å². The lowest BCUT2D eigenvalue weighted by molar-refractivity contribution is -0.385. The number of anilines is 2. The van der Waals surface area contributed by atoms with E-state index >= 15 is 0 Å². The first kappa shape index (κ1) is 34.4. The molecule has 0 heterocycles. The summed E-state index contributed by atoms with van der Waals surface area (Å²) in [7, 11) is -7.08. The van der Waals surface area contributed by atoms with Crippen molar-refractivity contribution in [3.8, 4) is 17.2 Å². The van der Waals surface area contributed by atoms with Crippen LogP contribution < -0.4 is 19.9 Å². The Balaban J connectivity index is 0.000000468.